The molecule has 0 saturated heterocycles. The van der Waals surface area contributed by atoms with Crippen LogP contribution in [0.25, 0.3) is 0 Å². The van der Waals surface area contributed by atoms with Gasteiger partial charge in [0.25, 0.3) is 0 Å². The molecule has 1 aromatic rings. The van der Waals surface area contributed by atoms with Crippen LogP contribution in [0.3, 0.4) is 0 Å². The maximum atomic E-state index is 13.0. The van der Waals surface area contributed by atoms with E-state index in [1.165, 1.54) is 18.2 Å². The fourth-order valence-corrected chi connectivity index (χ4v) is 4.75. The Morgan fingerprint density at radius 3 is 1.81 bits per heavy atom. The summed E-state index contributed by atoms with van der Waals surface area (Å²) in [4.78, 5) is 49.6. The van der Waals surface area contributed by atoms with Gasteiger partial charge in [-0.2, -0.15) is 0 Å². The summed E-state index contributed by atoms with van der Waals surface area (Å²) in [6, 6.07) is 4.22. The second-order valence-corrected chi connectivity index (χ2v) is 8.92. The summed E-state index contributed by atoms with van der Waals surface area (Å²) in [7, 11) is 0. The first-order chi connectivity index (χ1) is 14.6. The van der Waals surface area contributed by atoms with E-state index in [1.807, 2.05) is 0 Å². The highest BCUT2D eigenvalue weighted by Gasteiger charge is 2.54. The topological polar surface area (TPSA) is 119 Å². The van der Waals surface area contributed by atoms with Crippen LogP contribution in [0.2, 0.25) is 0 Å². The van der Waals surface area contributed by atoms with Crippen molar-refractivity contribution in [1.82, 2.24) is 0 Å². The fourth-order valence-electron chi connectivity index (χ4n) is 4.75. The highest BCUT2D eigenvalue weighted by Crippen LogP contribution is 2.52. The Bertz CT molecular complexity index is 852. The van der Waals surface area contributed by atoms with Crippen LogP contribution in [0.5, 0.6) is 0 Å². The Labute approximate surface area is 181 Å². The Balaban J connectivity index is 1.88. The zero-order chi connectivity index (χ0) is 22.9. The number of nitrogens with one attached hydrogen (secondary N) is 1. The van der Waals surface area contributed by atoms with Gasteiger partial charge in [0.2, 0.25) is 5.91 Å². The molecule has 2 aliphatic carbocycles. The molecule has 0 unspecified atom stereocenters. The smallest absolute Gasteiger partial charge is 0.338 e. The van der Waals surface area contributed by atoms with Crippen molar-refractivity contribution in [3.8, 4) is 0 Å². The van der Waals surface area contributed by atoms with Crippen molar-refractivity contribution in [3.05, 3.63) is 29.3 Å². The van der Waals surface area contributed by atoms with Gasteiger partial charge in [-0.25, -0.2) is 9.59 Å². The predicted octanol–water partition coefficient (Wildman–Crippen LogP) is 3.50. The number of amides is 1. The van der Waals surface area contributed by atoms with E-state index in [9.17, 15) is 24.3 Å². The summed E-state index contributed by atoms with van der Waals surface area (Å²) in [6.07, 6.45) is 1.68. The van der Waals surface area contributed by atoms with Gasteiger partial charge >= 0.3 is 17.9 Å². The van der Waals surface area contributed by atoms with E-state index in [4.69, 9.17) is 9.47 Å². The number of aliphatic carboxylic acids is 1. The van der Waals surface area contributed by atoms with Crippen LogP contribution in [0.15, 0.2) is 18.2 Å². The summed E-state index contributed by atoms with van der Waals surface area (Å²) < 4.78 is 10.4. The molecule has 0 spiro atoms. The summed E-state index contributed by atoms with van der Waals surface area (Å²) in [6.45, 7) is 6.83. The normalized spacial score (nSPS) is 24.3. The maximum absolute atomic E-state index is 13.0. The number of benzene rings is 1. The summed E-state index contributed by atoms with van der Waals surface area (Å²) in [5.41, 5.74) is 0.431. The van der Waals surface area contributed by atoms with Gasteiger partial charge in [-0.1, -0.05) is 0 Å². The molecule has 4 atom stereocenters. The van der Waals surface area contributed by atoms with E-state index < -0.39 is 35.7 Å². The van der Waals surface area contributed by atoms with Crippen molar-refractivity contribution in [2.45, 2.75) is 59.2 Å². The number of hydrogen-bond acceptors (Lipinski definition) is 6. The highest BCUT2D eigenvalue weighted by atomic mass is 16.5. The van der Waals surface area contributed by atoms with Gasteiger partial charge in [0, 0.05) is 5.69 Å². The second kappa shape index (κ2) is 9.08. The monoisotopic (exact) mass is 431 g/mol. The molecule has 2 aliphatic rings. The lowest BCUT2D eigenvalue weighted by Gasteiger charge is -2.27. The standard InChI is InChI=1S/C23H29NO7/c1-11(2)30-22(28)15-8-16(23(29)31-12(3)4)10-17(9-15)24-20(25)18-13-5-6-14(7-13)19(18)21(26)27/h8-14,18-19H,5-7H2,1-4H3,(H,24,25)(H,26,27)/t13-,14-,18+,19+/m0/s1. The van der Waals surface area contributed by atoms with Gasteiger partial charge in [-0.3, -0.25) is 9.59 Å². The van der Waals surface area contributed by atoms with E-state index >= 15 is 0 Å². The first kappa shape index (κ1) is 22.8. The lowest BCUT2D eigenvalue weighted by Crippen LogP contribution is -2.37. The Kier molecular flexibility index (Phi) is 6.67. The minimum atomic E-state index is -0.956. The average Bonchev–Trinajstić information content (AvgIpc) is 3.28. The van der Waals surface area contributed by atoms with Crippen LogP contribution in [0.4, 0.5) is 5.69 Å². The molecular weight excluding hydrogens is 402 g/mol. The molecule has 8 heteroatoms. The number of carbonyl (C=O) groups is 4. The third kappa shape index (κ3) is 5.06. The van der Waals surface area contributed by atoms with Gasteiger partial charge in [-0.15, -0.1) is 0 Å². The number of fused-ring (bicyclic) bond motifs is 2. The van der Waals surface area contributed by atoms with Crippen LogP contribution in [-0.4, -0.2) is 41.1 Å². The molecule has 8 nitrogen and oxygen atoms in total. The van der Waals surface area contributed by atoms with E-state index in [0.717, 1.165) is 19.3 Å². The minimum absolute atomic E-state index is 0.0159. The van der Waals surface area contributed by atoms with Crippen LogP contribution in [-0.2, 0) is 19.1 Å². The number of anilines is 1. The molecule has 0 radical (unpaired) electrons. The molecule has 2 bridgehead atoms. The SMILES string of the molecule is CC(C)OC(=O)c1cc(NC(=O)[C@@H]2[C@H]3CC[C@@H](C3)[C@H]2C(=O)O)cc(C(=O)OC(C)C)c1. The number of esters is 2. The maximum Gasteiger partial charge on any atom is 0.338 e. The van der Waals surface area contributed by atoms with Gasteiger partial charge < -0.3 is 19.9 Å². The number of rotatable bonds is 7. The Hall–Kier alpha value is -2.90. The van der Waals surface area contributed by atoms with E-state index in [1.54, 1.807) is 27.7 Å². The van der Waals surface area contributed by atoms with Crippen LogP contribution in [0.1, 0.15) is 67.7 Å². The lowest BCUT2D eigenvalue weighted by atomic mass is 9.78. The van der Waals surface area contributed by atoms with E-state index in [0.29, 0.717) is 0 Å². The van der Waals surface area contributed by atoms with Crippen LogP contribution < -0.4 is 5.32 Å². The minimum Gasteiger partial charge on any atom is -0.481 e. The summed E-state index contributed by atoms with van der Waals surface area (Å²) in [5.74, 6) is -3.92. The lowest BCUT2D eigenvalue weighted by molar-refractivity contribution is -0.148. The zero-order valence-electron chi connectivity index (χ0n) is 18.2. The third-order valence-corrected chi connectivity index (χ3v) is 5.86. The number of hydrogen-bond donors (Lipinski definition) is 2. The van der Waals surface area contributed by atoms with Gasteiger partial charge in [0.05, 0.1) is 35.2 Å². The first-order valence-corrected chi connectivity index (χ1v) is 10.7. The molecule has 31 heavy (non-hydrogen) atoms. The number of carbonyl (C=O) groups excluding carboxylic acids is 3. The molecule has 2 fully saturated rings. The number of carboxylic acids is 1. The van der Waals surface area contributed by atoms with Crippen LogP contribution in [0, 0.1) is 23.7 Å². The second-order valence-electron chi connectivity index (χ2n) is 8.92. The molecular formula is C23H29NO7. The number of carboxylic acid groups (broad SMARTS) is 1. The van der Waals surface area contributed by atoms with Gasteiger partial charge in [0.15, 0.2) is 0 Å². The Morgan fingerprint density at radius 2 is 1.35 bits per heavy atom. The summed E-state index contributed by atoms with van der Waals surface area (Å²) in [5, 5.41) is 12.4. The van der Waals surface area contributed by atoms with E-state index in [2.05, 4.69) is 5.32 Å². The van der Waals surface area contributed by atoms with Gasteiger partial charge in [-0.05, 0) is 77.0 Å². The number of ether oxygens (including phenoxy) is 2. The van der Waals surface area contributed by atoms with Crippen molar-refractivity contribution in [3.63, 3.8) is 0 Å². The van der Waals surface area contributed by atoms with E-state index in [-0.39, 0.29) is 40.9 Å². The van der Waals surface area contributed by atoms with Crippen molar-refractivity contribution in [2.24, 2.45) is 23.7 Å². The molecule has 168 valence electrons. The van der Waals surface area contributed by atoms with Crippen molar-refractivity contribution in [1.29, 1.82) is 0 Å². The van der Waals surface area contributed by atoms with Crippen molar-refractivity contribution in [2.75, 3.05) is 5.32 Å². The third-order valence-electron chi connectivity index (χ3n) is 5.86. The summed E-state index contributed by atoms with van der Waals surface area (Å²) >= 11 is 0. The molecule has 1 aromatic carbocycles. The molecule has 2 saturated carbocycles. The molecule has 1 amide bonds. The largest absolute Gasteiger partial charge is 0.481 e. The fraction of sp³-hybridized carbons (Fsp3) is 0.565. The first-order valence-electron chi connectivity index (χ1n) is 10.7. The predicted molar refractivity (Wildman–Crippen MR) is 112 cm³/mol. The quantitative estimate of drug-likeness (QED) is 0.634. The molecule has 3 rings (SSSR count). The molecule has 0 aromatic heterocycles. The molecule has 0 heterocycles. The zero-order valence-corrected chi connectivity index (χ0v) is 18.2. The Morgan fingerprint density at radius 1 is 0.871 bits per heavy atom. The average molecular weight is 431 g/mol. The van der Waals surface area contributed by atoms with Crippen molar-refractivity contribution < 1.29 is 33.8 Å². The molecule has 2 N–H and O–H groups in total. The van der Waals surface area contributed by atoms with Gasteiger partial charge in [0.1, 0.15) is 0 Å². The molecule has 0 aliphatic heterocycles. The van der Waals surface area contributed by atoms with Crippen LogP contribution >= 0.6 is 0 Å². The highest BCUT2D eigenvalue weighted by molar-refractivity contribution is 6.01. The van der Waals surface area contributed by atoms with Crippen molar-refractivity contribution >= 4 is 29.5 Å².